The highest BCUT2D eigenvalue weighted by Gasteiger charge is 2.14. The lowest BCUT2D eigenvalue weighted by atomic mass is 10.2. The van der Waals surface area contributed by atoms with Gasteiger partial charge in [0.25, 0.3) is 5.91 Å². The van der Waals surface area contributed by atoms with Crippen molar-refractivity contribution in [1.29, 1.82) is 0 Å². The summed E-state index contributed by atoms with van der Waals surface area (Å²) in [4.78, 5) is 22.1. The zero-order valence-electron chi connectivity index (χ0n) is 15.0. The van der Waals surface area contributed by atoms with Crippen LogP contribution >= 0.6 is 34.3 Å². The van der Waals surface area contributed by atoms with Crippen LogP contribution in [0.2, 0.25) is 4.34 Å². The second-order valence-corrected chi connectivity index (χ2v) is 8.60. The number of ether oxygens (including phenoxy) is 2. The fourth-order valence-electron chi connectivity index (χ4n) is 2.14. The van der Waals surface area contributed by atoms with Crippen molar-refractivity contribution in [1.82, 2.24) is 9.97 Å². The van der Waals surface area contributed by atoms with Crippen molar-refractivity contribution >= 4 is 45.3 Å². The highest BCUT2D eigenvalue weighted by atomic mass is 35.5. The summed E-state index contributed by atoms with van der Waals surface area (Å²) in [6.07, 6.45) is -0.0821. The van der Waals surface area contributed by atoms with E-state index in [1.807, 2.05) is 38.3 Å². The van der Waals surface area contributed by atoms with Crippen LogP contribution in [0.4, 0.5) is 5.13 Å². The van der Waals surface area contributed by atoms with Gasteiger partial charge < -0.3 is 9.47 Å². The number of nitrogens with one attached hydrogen (secondary N) is 1. The number of thiophene rings is 1. The molecule has 0 aliphatic carbocycles. The zero-order chi connectivity index (χ0) is 19.4. The molecule has 0 aliphatic heterocycles. The minimum atomic E-state index is -0.302. The molecule has 142 valence electrons. The quantitative estimate of drug-likeness (QED) is 0.566. The van der Waals surface area contributed by atoms with E-state index in [1.165, 1.54) is 22.7 Å². The summed E-state index contributed by atoms with van der Waals surface area (Å²) in [5.41, 5.74) is 1.24. The van der Waals surface area contributed by atoms with Gasteiger partial charge in [-0.3, -0.25) is 10.1 Å². The van der Waals surface area contributed by atoms with E-state index in [-0.39, 0.29) is 12.0 Å². The lowest BCUT2D eigenvalue weighted by Crippen LogP contribution is -2.14. The van der Waals surface area contributed by atoms with Crippen molar-refractivity contribution in [2.75, 3.05) is 5.32 Å². The molecule has 27 heavy (non-hydrogen) atoms. The highest BCUT2D eigenvalue weighted by Crippen LogP contribution is 2.25. The molecule has 3 heterocycles. The van der Waals surface area contributed by atoms with Gasteiger partial charge in [0.15, 0.2) is 5.13 Å². The average molecular weight is 424 g/mol. The van der Waals surface area contributed by atoms with Crippen LogP contribution in [0.3, 0.4) is 0 Å². The lowest BCUT2D eigenvalue weighted by molar-refractivity contribution is 0.102. The highest BCUT2D eigenvalue weighted by molar-refractivity contribution is 7.16. The van der Waals surface area contributed by atoms with E-state index in [4.69, 9.17) is 21.1 Å². The number of amides is 1. The van der Waals surface area contributed by atoms with E-state index in [0.717, 1.165) is 10.6 Å². The molecule has 9 heteroatoms. The molecule has 0 saturated carbocycles. The van der Waals surface area contributed by atoms with E-state index in [2.05, 4.69) is 15.3 Å². The van der Waals surface area contributed by atoms with Crippen LogP contribution in [0.25, 0.3) is 0 Å². The Hall–Kier alpha value is -2.16. The second kappa shape index (κ2) is 8.69. The molecular formula is C18H18ClN3O3S2. The Bertz CT molecular complexity index is 940. The van der Waals surface area contributed by atoms with Crippen LogP contribution in [-0.4, -0.2) is 22.0 Å². The maximum Gasteiger partial charge on any atom is 0.257 e. The molecule has 3 aromatic heterocycles. The number of pyridine rings is 1. The largest absolute Gasteiger partial charge is 0.475 e. The smallest absolute Gasteiger partial charge is 0.257 e. The number of rotatable bonds is 7. The van der Waals surface area contributed by atoms with Gasteiger partial charge in [0, 0.05) is 22.4 Å². The van der Waals surface area contributed by atoms with Gasteiger partial charge in [-0.05, 0) is 32.9 Å². The van der Waals surface area contributed by atoms with E-state index < -0.39 is 0 Å². The minimum Gasteiger partial charge on any atom is -0.475 e. The van der Waals surface area contributed by atoms with E-state index in [1.54, 1.807) is 12.1 Å². The monoisotopic (exact) mass is 423 g/mol. The molecule has 3 rings (SSSR count). The van der Waals surface area contributed by atoms with Crippen molar-refractivity contribution in [2.45, 2.75) is 33.5 Å². The number of carbonyl (C=O) groups excluding carboxylic acids is 1. The molecule has 0 bridgehead atoms. The van der Waals surface area contributed by atoms with Crippen molar-refractivity contribution < 1.29 is 14.3 Å². The molecule has 1 amide bonds. The van der Waals surface area contributed by atoms with Gasteiger partial charge in [0.05, 0.1) is 21.7 Å². The Morgan fingerprint density at radius 2 is 2.04 bits per heavy atom. The van der Waals surface area contributed by atoms with E-state index in [0.29, 0.717) is 33.4 Å². The van der Waals surface area contributed by atoms with Crippen LogP contribution < -0.4 is 14.8 Å². The Morgan fingerprint density at radius 1 is 1.26 bits per heavy atom. The van der Waals surface area contributed by atoms with Crippen LogP contribution in [0.5, 0.6) is 11.8 Å². The number of halogens is 1. The number of nitrogens with zero attached hydrogens (tertiary/aromatic N) is 2. The fraction of sp³-hybridized carbons (Fsp3) is 0.278. The molecule has 0 aromatic carbocycles. The predicted molar refractivity (Wildman–Crippen MR) is 108 cm³/mol. The van der Waals surface area contributed by atoms with E-state index in [9.17, 15) is 4.79 Å². The number of hydrogen-bond acceptors (Lipinski definition) is 7. The summed E-state index contributed by atoms with van der Waals surface area (Å²) in [6, 6.07) is 6.87. The van der Waals surface area contributed by atoms with E-state index >= 15 is 0 Å². The number of aromatic nitrogens is 2. The summed E-state index contributed by atoms with van der Waals surface area (Å²) >= 11 is 8.74. The number of aryl methyl sites for hydroxylation is 1. The van der Waals surface area contributed by atoms with Gasteiger partial charge in [-0.25, -0.2) is 4.98 Å². The molecule has 0 radical (unpaired) electrons. The van der Waals surface area contributed by atoms with Crippen molar-refractivity contribution in [3.8, 4) is 11.8 Å². The first-order valence-corrected chi connectivity index (χ1v) is 10.3. The Labute approximate surface area is 170 Å². The average Bonchev–Trinajstić information content (AvgIpc) is 3.20. The molecule has 3 aromatic rings. The standard InChI is InChI=1S/C18H18ClN3O3S2/c1-10(2)25-16-7-12(17(23)22-18-20-11(3)9-26-18)6-15(21-16)24-8-13-4-5-14(19)27-13/h4-7,9-10H,8H2,1-3H3,(H,20,22,23). The number of anilines is 1. The van der Waals surface area contributed by atoms with Crippen LogP contribution in [-0.2, 0) is 6.61 Å². The van der Waals surface area contributed by atoms with Gasteiger partial charge in [0.2, 0.25) is 11.8 Å². The number of carbonyl (C=O) groups is 1. The Balaban J connectivity index is 1.79. The summed E-state index contributed by atoms with van der Waals surface area (Å²) in [5, 5.41) is 5.19. The maximum atomic E-state index is 12.6. The molecule has 0 unspecified atom stereocenters. The van der Waals surface area contributed by atoms with Crippen LogP contribution in [0, 0.1) is 6.92 Å². The van der Waals surface area contributed by atoms with Crippen molar-refractivity contribution in [3.05, 3.63) is 50.1 Å². The molecule has 1 N–H and O–H groups in total. The molecule has 0 fully saturated rings. The molecule has 0 saturated heterocycles. The molecule has 0 atom stereocenters. The third kappa shape index (κ3) is 5.66. The normalized spacial score (nSPS) is 10.9. The Morgan fingerprint density at radius 3 is 2.67 bits per heavy atom. The summed E-state index contributed by atoms with van der Waals surface area (Å²) in [5.74, 6) is 0.328. The predicted octanol–water partition coefficient (Wildman–Crippen LogP) is 5.18. The van der Waals surface area contributed by atoms with Gasteiger partial charge in [-0.2, -0.15) is 4.98 Å². The minimum absolute atomic E-state index is 0.0821. The summed E-state index contributed by atoms with van der Waals surface area (Å²) in [7, 11) is 0. The SMILES string of the molecule is Cc1csc(NC(=O)c2cc(OCc3ccc(Cl)s3)nc(OC(C)C)c2)n1. The summed E-state index contributed by atoms with van der Waals surface area (Å²) in [6.45, 7) is 5.96. The fourth-order valence-corrected chi connectivity index (χ4v) is 3.83. The number of hydrogen-bond donors (Lipinski definition) is 1. The Kier molecular flexibility index (Phi) is 6.30. The molecular weight excluding hydrogens is 406 g/mol. The van der Waals surface area contributed by atoms with Gasteiger partial charge in [0.1, 0.15) is 6.61 Å². The third-order valence-electron chi connectivity index (χ3n) is 3.23. The van der Waals surface area contributed by atoms with Gasteiger partial charge >= 0.3 is 0 Å². The van der Waals surface area contributed by atoms with Crippen molar-refractivity contribution in [3.63, 3.8) is 0 Å². The van der Waals surface area contributed by atoms with Crippen LogP contribution in [0.1, 0.15) is 34.8 Å². The third-order valence-corrected chi connectivity index (χ3v) is 5.31. The number of thiazole rings is 1. The van der Waals surface area contributed by atoms with Crippen LogP contribution in [0.15, 0.2) is 29.6 Å². The summed E-state index contributed by atoms with van der Waals surface area (Å²) < 4.78 is 12.1. The topological polar surface area (TPSA) is 73.3 Å². The van der Waals surface area contributed by atoms with Crippen molar-refractivity contribution in [2.24, 2.45) is 0 Å². The first-order chi connectivity index (χ1) is 12.9. The molecule has 0 aliphatic rings. The molecule has 0 spiro atoms. The van der Waals surface area contributed by atoms with Gasteiger partial charge in [-0.1, -0.05) is 11.6 Å². The zero-order valence-corrected chi connectivity index (χ0v) is 17.4. The second-order valence-electron chi connectivity index (χ2n) is 5.94. The lowest BCUT2D eigenvalue weighted by Gasteiger charge is -2.12. The first kappa shape index (κ1) is 19.6. The van der Waals surface area contributed by atoms with Gasteiger partial charge in [-0.15, -0.1) is 22.7 Å². The maximum absolute atomic E-state index is 12.6. The first-order valence-electron chi connectivity index (χ1n) is 8.18. The molecule has 6 nitrogen and oxygen atoms in total.